The van der Waals surface area contributed by atoms with Gasteiger partial charge in [0.2, 0.25) is 0 Å². The minimum absolute atomic E-state index is 0. The topological polar surface area (TPSA) is 40.1 Å². The van der Waals surface area contributed by atoms with Crippen molar-refractivity contribution in [1.29, 1.82) is 0 Å². The SMILES string of the molecule is C=C(C)C(=O)[O-].C=CC[N+](C)(C)CC=C.CCCC.[Cl-]. The highest BCUT2D eigenvalue weighted by atomic mass is 35.5. The minimum Gasteiger partial charge on any atom is -1.00 e. The van der Waals surface area contributed by atoms with Gasteiger partial charge in [0, 0.05) is 0 Å². The number of quaternary nitrogens is 1. The smallest absolute Gasteiger partial charge is 0.0969 e. The number of aliphatic carboxylic acids is 1. The number of carbonyl (C=O) groups excluding carboxylic acids is 1. The van der Waals surface area contributed by atoms with E-state index in [1.54, 1.807) is 0 Å². The van der Waals surface area contributed by atoms with Crippen LogP contribution in [0.4, 0.5) is 0 Å². The maximum atomic E-state index is 9.49. The van der Waals surface area contributed by atoms with Crippen LogP contribution in [0.3, 0.4) is 0 Å². The third kappa shape index (κ3) is 30.2. The van der Waals surface area contributed by atoms with Gasteiger partial charge in [-0.3, -0.25) is 0 Å². The van der Waals surface area contributed by atoms with Gasteiger partial charge in [-0.05, 0) is 24.6 Å². The maximum Gasteiger partial charge on any atom is 0.0969 e. The van der Waals surface area contributed by atoms with Gasteiger partial charge in [-0.25, -0.2) is 0 Å². The number of halogens is 1. The molecule has 0 aliphatic heterocycles. The Kier molecular flexibility index (Phi) is 24.5. The number of unbranched alkanes of at least 4 members (excludes halogenated alkanes) is 1. The van der Waals surface area contributed by atoms with Gasteiger partial charge in [0.05, 0.1) is 33.2 Å². The summed E-state index contributed by atoms with van der Waals surface area (Å²) in [6, 6.07) is 0. The van der Waals surface area contributed by atoms with Crippen molar-refractivity contribution in [2.75, 3.05) is 27.2 Å². The van der Waals surface area contributed by atoms with Crippen molar-refractivity contribution >= 4 is 5.97 Å². The summed E-state index contributed by atoms with van der Waals surface area (Å²) < 4.78 is 0.951. The van der Waals surface area contributed by atoms with Crippen LogP contribution >= 0.6 is 0 Å². The largest absolute Gasteiger partial charge is 1.00 e. The molecule has 0 atom stereocenters. The molecule has 4 heteroatoms. The lowest BCUT2D eigenvalue weighted by atomic mass is 10.4. The monoisotopic (exact) mass is 304 g/mol. The van der Waals surface area contributed by atoms with Crippen LogP contribution in [0, 0.1) is 0 Å². The van der Waals surface area contributed by atoms with Crippen molar-refractivity contribution in [2.24, 2.45) is 0 Å². The number of hydrogen-bond acceptors (Lipinski definition) is 2. The van der Waals surface area contributed by atoms with E-state index < -0.39 is 5.97 Å². The Hall–Kier alpha value is -1.06. The molecule has 0 unspecified atom stereocenters. The first-order chi connectivity index (χ1) is 8.68. The zero-order valence-corrected chi connectivity index (χ0v) is 14.5. The van der Waals surface area contributed by atoms with Crippen LogP contribution < -0.4 is 17.5 Å². The normalized spacial score (nSPS) is 8.65. The van der Waals surface area contributed by atoms with Crippen LogP contribution in [0.1, 0.15) is 33.6 Å². The Morgan fingerprint density at radius 2 is 1.35 bits per heavy atom. The fourth-order valence-electron chi connectivity index (χ4n) is 0.774. The average molecular weight is 305 g/mol. The highest BCUT2D eigenvalue weighted by Crippen LogP contribution is 1.95. The lowest BCUT2D eigenvalue weighted by molar-refractivity contribution is -0.878. The van der Waals surface area contributed by atoms with Gasteiger partial charge >= 0.3 is 0 Å². The Labute approximate surface area is 131 Å². The van der Waals surface area contributed by atoms with Crippen molar-refractivity contribution in [2.45, 2.75) is 33.6 Å². The van der Waals surface area contributed by atoms with E-state index in [9.17, 15) is 9.90 Å². The molecule has 20 heavy (non-hydrogen) atoms. The van der Waals surface area contributed by atoms with E-state index in [2.05, 4.69) is 47.7 Å². The standard InChI is InChI=1S/C8H16N.C4H6O2.C4H10.ClH/c1-5-7-9(3,4)8-6-2;1-3(2)4(5)6;1-3-4-2;/h5-6H,1-2,7-8H2,3-4H3;1H2,2H3,(H,5,6);3-4H2,1-2H3;1H/q+1;;;/p-2. The summed E-state index contributed by atoms with van der Waals surface area (Å²) >= 11 is 0. The molecule has 0 aromatic heterocycles. The van der Waals surface area contributed by atoms with Gasteiger partial charge in [-0.2, -0.15) is 0 Å². The molecule has 0 aromatic carbocycles. The predicted molar refractivity (Wildman–Crippen MR) is 82.6 cm³/mol. The van der Waals surface area contributed by atoms with Crippen molar-refractivity contribution in [3.63, 3.8) is 0 Å². The molecule has 3 nitrogen and oxygen atoms in total. The summed E-state index contributed by atoms with van der Waals surface area (Å²) in [4.78, 5) is 9.49. The molecular formula is C16H31ClNO2-. The van der Waals surface area contributed by atoms with E-state index in [0.29, 0.717) is 0 Å². The highest BCUT2D eigenvalue weighted by Gasteiger charge is 2.07. The van der Waals surface area contributed by atoms with Crippen molar-refractivity contribution in [1.82, 2.24) is 0 Å². The number of likely N-dealkylation sites (N-methyl/N-ethyl adjacent to an activating group) is 1. The number of carbonyl (C=O) groups is 1. The van der Waals surface area contributed by atoms with Gasteiger partial charge in [0.1, 0.15) is 0 Å². The second-order valence-electron chi connectivity index (χ2n) is 4.95. The van der Waals surface area contributed by atoms with Crippen LogP contribution in [-0.4, -0.2) is 37.6 Å². The number of rotatable bonds is 6. The highest BCUT2D eigenvalue weighted by molar-refractivity contribution is 5.82. The Morgan fingerprint density at radius 1 is 1.10 bits per heavy atom. The quantitative estimate of drug-likeness (QED) is 0.379. The molecule has 0 fully saturated rings. The van der Waals surface area contributed by atoms with Crippen LogP contribution in [0.25, 0.3) is 0 Å². The molecule has 0 aromatic rings. The maximum absolute atomic E-state index is 9.49. The van der Waals surface area contributed by atoms with Crippen molar-refractivity contribution in [3.05, 3.63) is 37.5 Å². The summed E-state index contributed by atoms with van der Waals surface area (Å²) in [5.41, 5.74) is 0.0648. The molecule has 0 rings (SSSR count). The van der Waals surface area contributed by atoms with E-state index in [4.69, 9.17) is 0 Å². The molecule has 0 aliphatic rings. The van der Waals surface area contributed by atoms with Gasteiger partial charge in [-0.1, -0.05) is 46.4 Å². The Balaban J connectivity index is -0.000000102. The summed E-state index contributed by atoms with van der Waals surface area (Å²) in [5.74, 6) is -1.19. The fraction of sp³-hybridized carbons (Fsp3) is 0.562. The minimum atomic E-state index is -1.19. The molecule has 0 heterocycles. The summed E-state index contributed by atoms with van der Waals surface area (Å²) in [6.07, 6.45) is 6.51. The number of hydrogen-bond donors (Lipinski definition) is 0. The zero-order chi connectivity index (χ0) is 15.9. The Morgan fingerprint density at radius 3 is 1.45 bits per heavy atom. The van der Waals surface area contributed by atoms with E-state index in [0.717, 1.165) is 17.6 Å². The summed E-state index contributed by atoms with van der Waals surface area (Å²) in [5, 5.41) is 9.49. The molecule has 120 valence electrons. The molecule has 0 aliphatic carbocycles. The molecule has 0 saturated carbocycles. The van der Waals surface area contributed by atoms with Gasteiger partial charge in [0.25, 0.3) is 0 Å². The van der Waals surface area contributed by atoms with E-state index in [1.165, 1.54) is 19.8 Å². The van der Waals surface area contributed by atoms with Crippen LogP contribution in [0.2, 0.25) is 0 Å². The summed E-state index contributed by atoms with van der Waals surface area (Å²) in [7, 11) is 4.31. The first-order valence-electron chi connectivity index (χ1n) is 6.59. The number of carboxylic acid groups (broad SMARTS) is 1. The van der Waals surface area contributed by atoms with Gasteiger partial charge < -0.3 is 26.8 Å². The first-order valence-corrected chi connectivity index (χ1v) is 6.59. The predicted octanol–water partition coefficient (Wildman–Crippen LogP) is -0.442. The van der Waals surface area contributed by atoms with Gasteiger partial charge in [0.15, 0.2) is 0 Å². The fourth-order valence-corrected chi connectivity index (χ4v) is 0.774. The average Bonchev–Trinajstić information content (AvgIpc) is 2.29. The molecule has 0 amide bonds. The van der Waals surface area contributed by atoms with Crippen LogP contribution in [0.15, 0.2) is 37.5 Å². The third-order valence-corrected chi connectivity index (χ3v) is 2.10. The molecule has 0 radical (unpaired) electrons. The van der Waals surface area contributed by atoms with Crippen LogP contribution in [-0.2, 0) is 4.79 Å². The molecule has 0 N–H and O–H groups in total. The second kappa shape index (κ2) is 17.9. The van der Waals surface area contributed by atoms with E-state index in [-0.39, 0.29) is 18.0 Å². The first kappa shape index (κ1) is 27.3. The van der Waals surface area contributed by atoms with E-state index >= 15 is 0 Å². The van der Waals surface area contributed by atoms with Gasteiger partial charge in [-0.15, -0.1) is 0 Å². The van der Waals surface area contributed by atoms with E-state index in [1.807, 2.05) is 12.2 Å². The zero-order valence-electron chi connectivity index (χ0n) is 13.7. The summed E-state index contributed by atoms with van der Waals surface area (Å²) in [6.45, 7) is 18.2. The molecule has 0 saturated heterocycles. The lowest BCUT2D eigenvalue weighted by Crippen LogP contribution is -3.00. The molecular weight excluding hydrogens is 274 g/mol. The number of nitrogens with zero attached hydrogens (tertiary/aromatic N) is 1. The van der Waals surface area contributed by atoms with Crippen molar-refractivity contribution in [3.8, 4) is 0 Å². The third-order valence-electron chi connectivity index (χ3n) is 2.10. The van der Waals surface area contributed by atoms with Crippen molar-refractivity contribution < 1.29 is 26.8 Å². The lowest BCUT2D eigenvalue weighted by Gasteiger charge is -2.26. The molecule has 0 bridgehead atoms. The number of carboxylic acids is 1. The Bertz CT molecular complexity index is 248. The van der Waals surface area contributed by atoms with Crippen LogP contribution in [0.5, 0.6) is 0 Å². The second-order valence-corrected chi connectivity index (χ2v) is 4.95. The molecule has 0 spiro atoms.